The van der Waals surface area contributed by atoms with Crippen molar-refractivity contribution in [3.8, 4) is 6.07 Å². The first-order valence-electron chi connectivity index (χ1n) is 12.3. The van der Waals surface area contributed by atoms with Gasteiger partial charge < -0.3 is 19.9 Å². The molecule has 1 aromatic heterocycles. The van der Waals surface area contributed by atoms with Crippen LogP contribution in [-0.2, 0) is 9.53 Å². The number of hydrogen-bond donors (Lipinski definition) is 3. The molecule has 1 aromatic rings. The van der Waals surface area contributed by atoms with E-state index in [0.717, 1.165) is 12.2 Å². The molecule has 3 N–H and O–H groups in total. The number of piperazine rings is 1. The van der Waals surface area contributed by atoms with Crippen molar-refractivity contribution >= 4 is 17.8 Å². The number of anilines is 1. The van der Waals surface area contributed by atoms with Crippen LogP contribution in [0.2, 0.25) is 0 Å². The molecule has 0 bridgehead atoms. The van der Waals surface area contributed by atoms with E-state index in [0.29, 0.717) is 44.7 Å². The number of aromatic nitrogens is 1. The Morgan fingerprint density at radius 2 is 2.03 bits per heavy atom. The highest BCUT2D eigenvalue weighted by atomic mass is 19.4. The first-order chi connectivity index (χ1) is 17.8. The van der Waals surface area contributed by atoms with Crippen LogP contribution in [0.5, 0.6) is 0 Å². The van der Waals surface area contributed by atoms with Crippen LogP contribution in [0, 0.1) is 17.2 Å². The Morgan fingerprint density at radius 3 is 2.70 bits per heavy atom. The van der Waals surface area contributed by atoms with Crippen molar-refractivity contribution in [1.29, 1.82) is 5.26 Å². The van der Waals surface area contributed by atoms with Crippen LogP contribution in [0.3, 0.4) is 0 Å². The second-order valence-electron chi connectivity index (χ2n) is 9.29. The molecule has 11 nitrogen and oxygen atoms in total. The van der Waals surface area contributed by atoms with E-state index >= 15 is 0 Å². The van der Waals surface area contributed by atoms with Gasteiger partial charge in [0.05, 0.1) is 18.8 Å². The number of pyridine rings is 1. The standard InChI is InChI=1S/C23H31F3N8O3/c24-23(25,26)20-18(14-30-31-21(20)35)34-6-1-2-17(34)15-37-11-5-28-22(36)33-9-7-32(8-10-33)19-4-3-16(12-27)13-29-19/h3-4,13,17-18,20,30H,1-2,5-11,14-15H2,(H,28,36)(H,31,35)/t17-,18?,20?/m0/s1. The second-order valence-corrected chi connectivity index (χ2v) is 9.29. The van der Waals surface area contributed by atoms with Gasteiger partial charge in [-0.3, -0.25) is 15.1 Å². The third-order valence-electron chi connectivity index (χ3n) is 6.99. The number of amides is 3. The molecule has 14 heteroatoms. The molecule has 0 radical (unpaired) electrons. The number of nitrogens with zero attached hydrogens (tertiary/aromatic N) is 5. The van der Waals surface area contributed by atoms with Crippen molar-refractivity contribution in [1.82, 2.24) is 31.0 Å². The molecule has 0 aliphatic carbocycles. The summed E-state index contributed by atoms with van der Waals surface area (Å²) in [6.07, 6.45) is -1.68. The molecule has 2 unspecified atom stereocenters. The third-order valence-corrected chi connectivity index (χ3v) is 6.99. The average molecular weight is 525 g/mol. The van der Waals surface area contributed by atoms with E-state index < -0.39 is 24.0 Å². The maximum absolute atomic E-state index is 13.5. The van der Waals surface area contributed by atoms with Gasteiger partial charge in [0, 0.05) is 57.5 Å². The summed E-state index contributed by atoms with van der Waals surface area (Å²) in [5.74, 6) is -2.38. The van der Waals surface area contributed by atoms with Gasteiger partial charge >= 0.3 is 12.2 Å². The molecule has 3 saturated heterocycles. The van der Waals surface area contributed by atoms with Gasteiger partial charge in [-0.2, -0.15) is 18.4 Å². The number of nitrogens with one attached hydrogen (secondary N) is 3. The normalized spacial score (nSPS) is 25.0. The summed E-state index contributed by atoms with van der Waals surface area (Å²) >= 11 is 0. The molecule has 0 aromatic carbocycles. The van der Waals surface area contributed by atoms with Crippen molar-refractivity contribution in [3.63, 3.8) is 0 Å². The first-order valence-corrected chi connectivity index (χ1v) is 12.3. The van der Waals surface area contributed by atoms with Crippen LogP contribution >= 0.6 is 0 Å². The van der Waals surface area contributed by atoms with Crippen LogP contribution < -0.4 is 21.1 Å². The number of hydrazine groups is 1. The van der Waals surface area contributed by atoms with Gasteiger partial charge in [0.15, 0.2) is 5.92 Å². The van der Waals surface area contributed by atoms with Crippen LogP contribution in [0.4, 0.5) is 23.8 Å². The molecule has 37 heavy (non-hydrogen) atoms. The van der Waals surface area contributed by atoms with E-state index in [1.165, 1.54) is 6.20 Å². The topological polar surface area (TPSA) is 126 Å². The van der Waals surface area contributed by atoms with Gasteiger partial charge in [-0.05, 0) is 31.5 Å². The second kappa shape index (κ2) is 11.9. The summed E-state index contributed by atoms with van der Waals surface area (Å²) in [6, 6.07) is 4.13. The number of carbonyl (C=O) groups is 2. The molecule has 4 rings (SSSR count). The van der Waals surface area contributed by atoms with Crippen molar-refractivity contribution in [2.24, 2.45) is 5.92 Å². The number of nitriles is 1. The number of rotatable bonds is 7. The minimum Gasteiger partial charge on any atom is -0.378 e. The Bertz CT molecular complexity index is 979. The fraction of sp³-hybridized carbons (Fsp3) is 0.652. The number of carbonyl (C=O) groups excluding carboxylic acids is 2. The van der Waals surface area contributed by atoms with E-state index in [2.05, 4.69) is 26.1 Å². The molecule has 0 spiro atoms. The van der Waals surface area contributed by atoms with Gasteiger partial charge in [-0.15, -0.1) is 0 Å². The molecular weight excluding hydrogens is 493 g/mol. The van der Waals surface area contributed by atoms with E-state index in [-0.39, 0.29) is 38.4 Å². The van der Waals surface area contributed by atoms with E-state index in [9.17, 15) is 22.8 Å². The van der Waals surface area contributed by atoms with Crippen molar-refractivity contribution in [2.45, 2.75) is 31.1 Å². The Hall–Kier alpha value is -3.15. The summed E-state index contributed by atoms with van der Waals surface area (Å²) in [4.78, 5) is 34.2. The SMILES string of the molecule is N#Cc1ccc(N2CCN(C(=O)NCCOC[C@@H]3CCCN3C3CNNC(=O)C3C(F)(F)F)CC2)nc1. The van der Waals surface area contributed by atoms with E-state index in [1.807, 2.05) is 6.07 Å². The molecule has 3 atom stereocenters. The minimum atomic E-state index is -4.63. The van der Waals surface area contributed by atoms with Crippen LogP contribution in [0.25, 0.3) is 0 Å². The lowest BCUT2D eigenvalue weighted by atomic mass is 9.94. The highest BCUT2D eigenvalue weighted by molar-refractivity contribution is 5.80. The molecule has 0 saturated carbocycles. The van der Waals surface area contributed by atoms with Gasteiger partial charge in [0.25, 0.3) is 0 Å². The number of halogens is 3. The Kier molecular flexibility index (Phi) is 8.67. The lowest BCUT2D eigenvalue weighted by Crippen LogP contribution is -2.65. The number of hydrogen-bond acceptors (Lipinski definition) is 8. The molecule has 3 aliphatic rings. The first kappa shape index (κ1) is 26.9. The number of alkyl halides is 3. The summed E-state index contributed by atoms with van der Waals surface area (Å²) in [6.45, 7) is 3.51. The zero-order valence-electron chi connectivity index (χ0n) is 20.3. The number of urea groups is 1. The Balaban J connectivity index is 1.16. The lowest BCUT2D eigenvalue weighted by Gasteiger charge is -2.40. The minimum absolute atomic E-state index is 0.0109. The highest BCUT2D eigenvalue weighted by Gasteiger charge is 2.54. The predicted molar refractivity (Wildman–Crippen MR) is 126 cm³/mol. The maximum Gasteiger partial charge on any atom is 0.402 e. The van der Waals surface area contributed by atoms with Crippen LogP contribution in [0.15, 0.2) is 18.3 Å². The fourth-order valence-corrected chi connectivity index (χ4v) is 5.10. The molecule has 4 heterocycles. The molecule has 202 valence electrons. The summed E-state index contributed by atoms with van der Waals surface area (Å²) < 4.78 is 46.3. The fourth-order valence-electron chi connectivity index (χ4n) is 5.10. The largest absolute Gasteiger partial charge is 0.402 e. The van der Waals surface area contributed by atoms with E-state index in [4.69, 9.17) is 10.00 Å². The molecular formula is C23H31F3N8O3. The Morgan fingerprint density at radius 1 is 1.24 bits per heavy atom. The van der Waals surface area contributed by atoms with Gasteiger partial charge in [-0.1, -0.05) is 0 Å². The summed E-state index contributed by atoms with van der Waals surface area (Å²) in [7, 11) is 0. The van der Waals surface area contributed by atoms with Gasteiger partial charge in [0.1, 0.15) is 11.9 Å². The summed E-state index contributed by atoms with van der Waals surface area (Å²) in [5.41, 5.74) is 5.15. The van der Waals surface area contributed by atoms with Gasteiger partial charge in [0.2, 0.25) is 5.91 Å². The van der Waals surface area contributed by atoms with Crippen molar-refractivity contribution in [3.05, 3.63) is 23.9 Å². The smallest absolute Gasteiger partial charge is 0.378 e. The molecule has 3 amide bonds. The van der Waals surface area contributed by atoms with Crippen LogP contribution in [-0.4, -0.2) is 104 Å². The predicted octanol–water partition coefficient (Wildman–Crippen LogP) is 0.447. The maximum atomic E-state index is 13.5. The lowest BCUT2D eigenvalue weighted by molar-refractivity contribution is -0.201. The zero-order chi connectivity index (χ0) is 26.4. The quantitative estimate of drug-likeness (QED) is 0.439. The molecule has 3 aliphatic heterocycles. The van der Waals surface area contributed by atoms with Crippen molar-refractivity contribution in [2.75, 3.05) is 63.9 Å². The summed E-state index contributed by atoms with van der Waals surface area (Å²) in [5, 5.41) is 11.7. The highest BCUT2D eigenvalue weighted by Crippen LogP contribution is 2.35. The zero-order valence-corrected chi connectivity index (χ0v) is 20.3. The van der Waals surface area contributed by atoms with Crippen molar-refractivity contribution < 1.29 is 27.5 Å². The Labute approximate surface area is 212 Å². The van der Waals surface area contributed by atoms with Gasteiger partial charge in [-0.25, -0.2) is 15.2 Å². The van der Waals surface area contributed by atoms with E-state index in [1.54, 1.807) is 21.9 Å². The number of ether oxygens (including phenoxy) is 1. The third kappa shape index (κ3) is 6.60. The monoisotopic (exact) mass is 524 g/mol. The average Bonchev–Trinajstić information content (AvgIpc) is 3.36. The number of likely N-dealkylation sites (tertiary alicyclic amines) is 1. The van der Waals surface area contributed by atoms with Crippen LogP contribution in [0.1, 0.15) is 18.4 Å². The molecule has 3 fully saturated rings.